The van der Waals surface area contributed by atoms with Crippen LogP contribution in [0.5, 0.6) is 0 Å². The van der Waals surface area contributed by atoms with E-state index in [1.165, 1.54) is 0 Å². The Morgan fingerprint density at radius 1 is 1.00 bits per heavy atom. The third-order valence-corrected chi connectivity index (χ3v) is 3.10. The fourth-order valence-electron chi connectivity index (χ4n) is 1.51. The quantitative estimate of drug-likeness (QED) is 0.881. The molecule has 1 atom stereocenters. The van der Waals surface area contributed by atoms with E-state index >= 15 is 0 Å². The van der Waals surface area contributed by atoms with E-state index in [2.05, 4.69) is 15.9 Å². The molecular formula is C13H10BrClO. The molecule has 0 saturated heterocycles. The van der Waals surface area contributed by atoms with E-state index < -0.39 is 6.10 Å². The van der Waals surface area contributed by atoms with Crippen molar-refractivity contribution in [2.45, 2.75) is 6.10 Å². The lowest BCUT2D eigenvalue weighted by Crippen LogP contribution is -1.98. The molecule has 2 rings (SSSR count). The van der Waals surface area contributed by atoms with E-state index in [-0.39, 0.29) is 0 Å². The first-order chi connectivity index (χ1) is 7.66. The van der Waals surface area contributed by atoms with Crippen LogP contribution in [0, 0.1) is 0 Å². The minimum absolute atomic E-state index is 0.616. The SMILES string of the molecule is OC(c1ccc(Cl)cc1)c1cccc(Br)c1. The average molecular weight is 298 g/mol. The maximum atomic E-state index is 10.1. The predicted octanol–water partition coefficient (Wildman–Crippen LogP) is 4.18. The number of aliphatic hydroxyl groups is 1. The first-order valence-corrected chi connectivity index (χ1v) is 6.03. The molecule has 0 bridgehead atoms. The lowest BCUT2D eigenvalue weighted by molar-refractivity contribution is 0.220. The van der Waals surface area contributed by atoms with Gasteiger partial charge in [-0.15, -0.1) is 0 Å². The van der Waals surface area contributed by atoms with Crippen molar-refractivity contribution in [1.29, 1.82) is 0 Å². The zero-order valence-corrected chi connectivity index (χ0v) is 10.7. The summed E-state index contributed by atoms with van der Waals surface area (Å²) in [5.41, 5.74) is 1.69. The molecule has 3 heteroatoms. The third-order valence-electron chi connectivity index (χ3n) is 2.35. The Balaban J connectivity index is 2.31. The van der Waals surface area contributed by atoms with Crippen molar-refractivity contribution in [3.05, 3.63) is 69.2 Å². The van der Waals surface area contributed by atoms with Crippen molar-refractivity contribution in [1.82, 2.24) is 0 Å². The standard InChI is InChI=1S/C13H10BrClO/c14-11-3-1-2-10(8-11)13(16)9-4-6-12(15)7-5-9/h1-8,13,16H. The first kappa shape index (κ1) is 11.6. The summed E-state index contributed by atoms with van der Waals surface area (Å²) in [7, 11) is 0. The molecule has 1 unspecified atom stereocenters. The second-order valence-corrected chi connectivity index (χ2v) is 4.86. The minimum atomic E-state index is -0.616. The zero-order valence-electron chi connectivity index (χ0n) is 8.40. The normalized spacial score (nSPS) is 12.4. The van der Waals surface area contributed by atoms with Crippen molar-refractivity contribution in [2.24, 2.45) is 0 Å². The van der Waals surface area contributed by atoms with Gasteiger partial charge in [0, 0.05) is 9.50 Å². The zero-order chi connectivity index (χ0) is 11.5. The highest BCUT2D eigenvalue weighted by molar-refractivity contribution is 9.10. The summed E-state index contributed by atoms with van der Waals surface area (Å²) < 4.78 is 0.956. The molecule has 2 aromatic carbocycles. The molecule has 0 aliphatic carbocycles. The van der Waals surface area contributed by atoms with Gasteiger partial charge in [-0.1, -0.05) is 51.8 Å². The molecule has 0 aliphatic heterocycles. The average Bonchev–Trinajstić information content (AvgIpc) is 2.29. The van der Waals surface area contributed by atoms with Gasteiger partial charge < -0.3 is 5.11 Å². The summed E-state index contributed by atoms with van der Waals surface area (Å²) in [6.45, 7) is 0. The summed E-state index contributed by atoms with van der Waals surface area (Å²) in [5.74, 6) is 0. The number of rotatable bonds is 2. The number of hydrogen-bond donors (Lipinski definition) is 1. The van der Waals surface area contributed by atoms with Gasteiger partial charge in [-0.2, -0.15) is 0 Å². The third kappa shape index (κ3) is 2.64. The Labute approximate surface area is 108 Å². The molecule has 0 fully saturated rings. The van der Waals surface area contributed by atoms with E-state index in [9.17, 15) is 5.11 Å². The number of benzene rings is 2. The van der Waals surface area contributed by atoms with Crippen LogP contribution in [-0.4, -0.2) is 5.11 Å². The Hall–Kier alpha value is -0.830. The van der Waals surface area contributed by atoms with Crippen LogP contribution in [0.25, 0.3) is 0 Å². The molecule has 0 spiro atoms. The minimum Gasteiger partial charge on any atom is -0.384 e. The predicted molar refractivity (Wildman–Crippen MR) is 69.7 cm³/mol. The van der Waals surface area contributed by atoms with Crippen LogP contribution in [0.4, 0.5) is 0 Å². The highest BCUT2D eigenvalue weighted by atomic mass is 79.9. The topological polar surface area (TPSA) is 20.2 Å². The Morgan fingerprint density at radius 2 is 1.69 bits per heavy atom. The lowest BCUT2D eigenvalue weighted by Gasteiger charge is -2.11. The van der Waals surface area contributed by atoms with Crippen molar-refractivity contribution in [3.8, 4) is 0 Å². The molecule has 16 heavy (non-hydrogen) atoms. The second kappa shape index (κ2) is 5.00. The van der Waals surface area contributed by atoms with E-state index in [1.807, 2.05) is 36.4 Å². The maximum Gasteiger partial charge on any atom is 0.104 e. The fraction of sp³-hybridized carbons (Fsp3) is 0.0769. The van der Waals surface area contributed by atoms with Crippen molar-refractivity contribution in [2.75, 3.05) is 0 Å². The van der Waals surface area contributed by atoms with E-state index in [1.54, 1.807) is 12.1 Å². The molecule has 0 amide bonds. The van der Waals surface area contributed by atoms with Crippen LogP contribution >= 0.6 is 27.5 Å². The second-order valence-electron chi connectivity index (χ2n) is 3.51. The van der Waals surface area contributed by atoms with Crippen LogP contribution in [-0.2, 0) is 0 Å². The summed E-state index contributed by atoms with van der Waals surface area (Å²) in [4.78, 5) is 0. The smallest absolute Gasteiger partial charge is 0.104 e. The highest BCUT2D eigenvalue weighted by Crippen LogP contribution is 2.25. The van der Waals surface area contributed by atoms with Crippen molar-refractivity contribution in [3.63, 3.8) is 0 Å². The highest BCUT2D eigenvalue weighted by Gasteiger charge is 2.09. The molecule has 1 N–H and O–H groups in total. The van der Waals surface area contributed by atoms with Gasteiger partial charge in [0.25, 0.3) is 0 Å². The Kier molecular flexibility index (Phi) is 3.64. The van der Waals surface area contributed by atoms with Crippen LogP contribution < -0.4 is 0 Å². The number of hydrogen-bond acceptors (Lipinski definition) is 1. The van der Waals surface area contributed by atoms with Crippen LogP contribution in [0.2, 0.25) is 5.02 Å². The monoisotopic (exact) mass is 296 g/mol. The van der Waals surface area contributed by atoms with Gasteiger partial charge in [-0.05, 0) is 35.4 Å². The summed E-state index contributed by atoms with van der Waals surface area (Å²) >= 11 is 9.18. The van der Waals surface area contributed by atoms with Crippen LogP contribution in [0.1, 0.15) is 17.2 Å². The Bertz CT molecular complexity index is 482. The number of halogens is 2. The van der Waals surface area contributed by atoms with E-state index in [0.717, 1.165) is 15.6 Å². The summed E-state index contributed by atoms with van der Waals surface area (Å²) in [6.07, 6.45) is -0.616. The molecule has 0 saturated carbocycles. The molecule has 2 aromatic rings. The Morgan fingerprint density at radius 3 is 2.31 bits per heavy atom. The van der Waals surface area contributed by atoms with Gasteiger partial charge in [0.1, 0.15) is 6.10 Å². The molecule has 1 nitrogen and oxygen atoms in total. The van der Waals surface area contributed by atoms with Gasteiger partial charge in [0.2, 0.25) is 0 Å². The summed E-state index contributed by atoms with van der Waals surface area (Å²) in [6, 6.07) is 14.8. The maximum absolute atomic E-state index is 10.1. The van der Waals surface area contributed by atoms with Gasteiger partial charge in [-0.25, -0.2) is 0 Å². The van der Waals surface area contributed by atoms with Crippen molar-refractivity contribution >= 4 is 27.5 Å². The fourth-order valence-corrected chi connectivity index (χ4v) is 2.06. The summed E-state index contributed by atoms with van der Waals surface area (Å²) in [5, 5.41) is 10.8. The number of aliphatic hydroxyl groups excluding tert-OH is 1. The van der Waals surface area contributed by atoms with Crippen molar-refractivity contribution < 1.29 is 5.11 Å². The molecule has 0 heterocycles. The van der Waals surface area contributed by atoms with Gasteiger partial charge in [0.15, 0.2) is 0 Å². The first-order valence-electron chi connectivity index (χ1n) is 4.86. The van der Waals surface area contributed by atoms with Gasteiger partial charge in [-0.3, -0.25) is 0 Å². The van der Waals surface area contributed by atoms with Crippen LogP contribution in [0.3, 0.4) is 0 Å². The molecule has 82 valence electrons. The molecule has 0 aromatic heterocycles. The molecule has 0 radical (unpaired) electrons. The molecule has 0 aliphatic rings. The van der Waals surface area contributed by atoms with Crippen LogP contribution in [0.15, 0.2) is 53.0 Å². The van der Waals surface area contributed by atoms with Gasteiger partial charge >= 0.3 is 0 Å². The van der Waals surface area contributed by atoms with E-state index in [4.69, 9.17) is 11.6 Å². The van der Waals surface area contributed by atoms with E-state index in [0.29, 0.717) is 5.02 Å². The largest absolute Gasteiger partial charge is 0.384 e. The van der Waals surface area contributed by atoms with Gasteiger partial charge in [0.05, 0.1) is 0 Å². The lowest BCUT2D eigenvalue weighted by atomic mass is 10.0. The molecular weight excluding hydrogens is 287 g/mol.